The largest absolute Gasteiger partial charge is 0.398 e. The van der Waals surface area contributed by atoms with Crippen molar-refractivity contribution < 1.29 is 0 Å². The highest BCUT2D eigenvalue weighted by Gasteiger charge is 2.22. The minimum absolute atomic E-state index is 0.265. The molecule has 6 nitrogen and oxygen atoms in total. The van der Waals surface area contributed by atoms with Crippen LogP contribution in [0.5, 0.6) is 0 Å². The Labute approximate surface area is 140 Å². The van der Waals surface area contributed by atoms with E-state index in [4.69, 9.17) is 34.4 Å². The van der Waals surface area contributed by atoms with Crippen molar-refractivity contribution in [3.05, 3.63) is 48.5 Å². The maximum atomic E-state index is 6.43. The molecule has 3 rings (SSSR count). The van der Waals surface area contributed by atoms with Gasteiger partial charge in [0.2, 0.25) is 0 Å². The van der Waals surface area contributed by atoms with Crippen LogP contribution < -0.4 is 34.4 Å². The Kier molecular flexibility index (Phi) is 3.57. The second-order valence-electron chi connectivity index (χ2n) is 5.58. The molecule has 122 valence electrons. The molecule has 6 heteroatoms. The molecule has 0 heterocycles. The van der Waals surface area contributed by atoms with Crippen LogP contribution >= 0.6 is 0 Å². The van der Waals surface area contributed by atoms with Crippen LogP contribution in [0.1, 0.15) is 0 Å². The normalized spacial score (nSPS) is 10.7. The van der Waals surface area contributed by atoms with Gasteiger partial charge in [0.05, 0.1) is 22.7 Å². The van der Waals surface area contributed by atoms with Crippen LogP contribution in [0.25, 0.3) is 22.3 Å². The van der Waals surface area contributed by atoms with Crippen molar-refractivity contribution in [3.8, 4) is 22.3 Å². The van der Waals surface area contributed by atoms with Crippen LogP contribution in [0.15, 0.2) is 48.5 Å². The average Bonchev–Trinajstić information content (AvgIpc) is 2.57. The Morgan fingerprint density at radius 1 is 0.417 bits per heavy atom. The first-order valence-corrected chi connectivity index (χ1v) is 7.39. The van der Waals surface area contributed by atoms with Crippen LogP contribution in [0.4, 0.5) is 34.1 Å². The molecule has 0 fully saturated rings. The van der Waals surface area contributed by atoms with Gasteiger partial charge in [0, 0.05) is 28.1 Å². The predicted octanol–water partition coefficient (Wildman–Crippen LogP) is 2.51. The fourth-order valence-electron chi connectivity index (χ4n) is 2.89. The van der Waals surface area contributed by atoms with Gasteiger partial charge in [-0.15, -0.1) is 0 Å². The first-order valence-electron chi connectivity index (χ1n) is 7.39. The molecule has 3 aromatic carbocycles. The number of hydrogen-bond acceptors (Lipinski definition) is 6. The van der Waals surface area contributed by atoms with Gasteiger partial charge in [-0.05, 0) is 17.7 Å². The monoisotopic (exact) mass is 320 g/mol. The molecular formula is C18H20N6. The maximum Gasteiger partial charge on any atom is 0.0795 e. The molecule has 0 radical (unpaired) electrons. The molecule has 0 unspecified atom stereocenters. The Morgan fingerprint density at radius 2 is 0.958 bits per heavy atom. The second-order valence-corrected chi connectivity index (χ2v) is 5.58. The van der Waals surface area contributed by atoms with Crippen molar-refractivity contribution in [2.24, 2.45) is 0 Å². The van der Waals surface area contributed by atoms with Gasteiger partial charge in [-0.3, -0.25) is 0 Å². The summed E-state index contributed by atoms with van der Waals surface area (Å²) in [4.78, 5) is 0. The van der Waals surface area contributed by atoms with Crippen LogP contribution in [-0.4, -0.2) is 0 Å². The van der Waals surface area contributed by atoms with E-state index in [0.717, 1.165) is 5.56 Å². The third-order valence-electron chi connectivity index (χ3n) is 4.10. The zero-order valence-electron chi connectivity index (χ0n) is 13.1. The van der Waals surface area contributed by atoms with Gasteiger partial charge in [-0.1, -0.05) is 36.4 Å². The topological polar surface area (TPSA) is 156 Å². The first-order chi connectivity index (χ1) is 11.4. The fraction of sp³-hybridized carbons (Fsp3) is 0. The SMILES string of the molecule is Nc1cccc(N)c1-c1c(N)c(N)c(N)c(-c2ccccc2)c1N. The molecule has 12 N–H and O–H groups in total. The second kappa shape index (κ2) is 5.58. The van der Waals surface area contributed by atoms with Crippen LogP contribution in [0, 0.1) is 0 Å². The Balaban J connectivity index is 2.43. The number of nitrogen functional groups attached to an aromatic ring is 6. The summed E-state index contributed by atoms with van der Waals surface area (Å²) in [6.45, 7) is 0. The number of nitrogens with two attached hydrogens (primary N) is 6. The molecule has 0 spiro atoms. The molecule has 0 aliphatic carbocycles. The lowest BCUT2D eigenvalue weighted by molar-refractivity contribution is 1.56. The summed E-state index contributed by atoms with van der Waals surface area (Å²) in [7, 11) is 0. The van der Waals surface area contributed by atoms with Crippen molar-refractivity contribution in [1.82, 2.24) is 0 Å². The van der Waals surface area contributed by atoms with Crippen LogP contribution in [-0.2, 0) is 0 Å². The number of hydrogen-bond donors (Lipinski definition) is 6. The third kappa shape index (κ3) is 2.21. The van der Waals surface area contributed by atoms with E-state index in [0.29, 0.717) is 39.4 Å². The molecule has 0 aromatic heterocycles. The molecule has 0 atom stereocenters. The lowest BCUT2D eigenvalue weighted by Crippen LogP contribution is -2.09. The zero-order chi connectivity index (χ0) is 17.4. The minimum atomic E-state index is 0.265. The van der Waals surface area contributed by atoms with Gasteiger partial charge >= 0.3 is 0 Å². The fourth-order valence-corrected chi connectivity index (χ4v) is 2.89. The van der Waals surface area contributed by atoms with Crippen molar-refractivity contribution in [3.63, 3.8) is 0 Å². The number of anilines is 6. The van der Waals surface area contributed by atoms with E-state index in [1.165, 1.54) is 0 Å². The highest BCUT2D eigenvalue weighted by molar-refractivity contribution is 6.11. The smallest absolute Gasteiger partial charge is 0.0795 e. The average molecular weight is 320 g/mol. The Bertz CT molecular complexity index is 899. The lowest BCUT2D eigenvalue weighted by Gasteiger charge is -2.21. The van der Waals surface area contributed by atoms with Gasteiger partial charge in [0.15, 0.2) is 0 Å². The van der Waals surface area contributed by atoms with E-state index >= 15 is 0 Å². The predicted molar refractivity (Wildman–Crippen MR) is 104 cm³/mol. The summed E-state index contributed by atoms with van der Waals surface area (Å²) in [5.41, 5.74) is 41.9. The number of benzene rings is 3. The van der Waals surface area contributed by atoms with Gasteiger partial charge in [0.25, 0.3) is 0 Å². The highest BCUT2D eigenvalue weighted by atomic mass is 14.8. The van der Waals surface area contributed by atoms with Crippen LogP contribution in [0.3, 0.4) is 0 Å². The Morgan fingerprint density at radius 3 is 1.54 bits per heavy atom. The summed E-state index contributed by atoms with van der Waals surface area (Å²) in [5, 5.41) is 0. The molecule has 0 aliphatic rings. The maximum absolute atomic E-state index is 6.43. The van der Waals surface area contributed by atoms with E-state index in [1.54, 1.807) is 18.2 Å². The van der Waals surface area contributed by atoms with Crippen LogP contribution in [0.2, 0.25) is 0 Å². The first kappa shape index (κ1) is 15.4. The van der Waals surface area contributed by atoms with E-state index in [-0.39, 0.29) is 11.4 Å². The molecule has 0 bridgehead atoms. The zero-order valence-corrected chi connectivity index (χ0v) is 13.1. The lowest BCUT2D eigenvalue weighted by atomic mass is 9.90. The van der Waals surface area contributed by atoms with Crippen molar-refractivity contribution >= 4 is 34.1 Å². The molecule has 0 aliphatic heterocycles. The highest BCUT2D eigenvalue weighted by Crippen LogP contribution is 2.49. The van der Waals surface area contributed by atoms with E-state index < -0.39 is 0 Å². The minimum Gasteiger partial charge on any atom is -0.398 e. The van der Waals surface area contributed by atoms with E-state index in [2.05, 4.69) is 0 Å². The molecule has 0 amide bonds. The number of rotatable bonds is 2. The van der Waals surface area contributed by atoms with E-state index in [9.17, 15) is 0 Å². The van der Waals surface area contributed by atoms with Gasteiger partial charge in [0.1, 0.15) is 0 Å². The van der Waals surface area contributed by atoms with Crippen molar-refractivity contribution in [1.29, 1.82) is 0 Å². The molecule has 24 heavy (non-hydrogen) atoms. The summed E-state index contributed by atoms with van der Waals surface area (Å²) >= 11 is 0. The Hall–Kier alpha value is -3.54. The van der Waals surface area contributed by atoms with Gasteiger partial charge in [-0.2, -0.15) is 0 Å². The standard InChI is InChI=1S/C18H20N6/c19-10-7-4-8-11(20)13(10)14-15(21)12(9-5-2-1-3-6-9)16(22)18(24)17(14)23/h1-8H,19-24H2. The van der Waals surface area contributed by atoms with Gasteiger partial charge < -0.3 is 34.4 Å². The van der Waals surface area contributed by atoms with E-state index in [1.807, 2.05) is 30.3 Å². The third-order valence-corrected chi connectivity index (χ3v) is 4.10. The summed E-state index contributed by atoms with van der Waals surface area (Å²) in [5.74, 6) is 0. The summed E-state index contributed by atoms with van der Waals surface area (Å²) in [6.07, 6.45) is 0. The van der Waals surface area contributed by atoms with Crippen molar-refractivity contribution in [2.45, 2.75) is 0 Å². The molecule has 0 saturated heterocycles. The van der Waals surface area contributed by atoms with Gasteiger partial charge in [-0.25, -0.2) is 0 Å². The molecule has 3 aromatic rings. The molecule has 0 saturated carbocycles. The summed E-state index contributed by atoms with van der Waals surface area (Å²) < 4.78 is 0. The summed E-state index contributed by atoms with van der Waals surface area (Å²) in [6, 6.07) is 14.7. The van der Waals surface area contributed by atoms with Crippen molar-refractivity contribution in [2.75, 3.05) is 34.4 Å². The molecular weight excluding hydrogens is 300 g/mol. The quantitative estimate of drug-likeness (QED) is 0.398.